The van der Waals surface area contributed by atoms with Gasteiger partial charge in [-0.2, -0.15) is 0 Å². The Balaban J connectivity index is 1.99. The molecule has 5 heteroatoms. The van der Waals surface area contributed by atoms with Crippen molar-refractivity contribution in [1.82, 2.24) is 15.0 Å². The van der Waals surface area contributed by atoms with Crippen LogP contribution in [0.3, 0.4) is 0 Å². The van der Waals surface area contributed by atoms with E-state index >= 15 is 0 Å². The second-order valence-electron chi connectivity index (χ2n) is 5.52. The van der Waals surface area contributed by atoms with Gasteiger partial charge in [0.15, 0.2) is 6.29 Å². The number of hydrogen-bond acceptors (Lipinski definition) is 4. The average molecular weight is 306 g/mol. The minimum Gasteiger partial charge on any atom is -0.378 e. The van der Waals surface area contributed by atoms with Crippen LogP contribution in [0.15, 0.2) is 54.6 Å². The van der Waals surface area contributed by atoms with Crippen LogP contribution >= 0.6 is 0 Å². The van der Waals surface area contributed by atoms with Crippen molar-refractivity contribution in [1.29, 1.82) is 0 Å². The maximum Gasteiger partial charge on any atom is 0.172 e. The molecule has 0 aliphatic rings. The molecule has 0 spiro atoms. The Hall–Kier alpha value is -2.95. The number of benzene rings is 2. The van der Waals surface area contributed by atoms with Crippen molar-refractivity contribution in [2.24, 2.45) is 0 Å². The SMILES string of the molecule is CN(C)c1ccc(-n2nnc(C=O)c2Cc2ccccc2)cc1. The number of nitrogens with zero attached hydrogens (tertiary/aromatic N) is 4. The fourth-order valence-corrected chi connectivity index (χ4v) is 2.46. The highest BCUT2D eigenvalue weighted by molar-refractivity contribution is 5.73. The standard InChI is InChI=1S/C18H18N4O/c1-21(2)15-8-10-16(11-9-15)22-18(17(13-23)19-20-22)12-14-6-4-3-5-7-14/h3-11,13H,12H2,1-2H3. The number of hydrogen-bond donors (Lipinski definition) is 0. The number of carbonyl (C=O) groups excluding carboxylic acids is 1. The highest BCUT2D eigenvalue weighted by atomic mass is 16.1. The van der Waals surface area contributed by atoms with Crippen LogP contribution in [0.25, 0.3) is 5.69 Å². The average Bonchev–Trinajstić information content (AvgIpc) is 2.98. The van der Waals surface area contributed by atoms with E-state index in [0.29, 0.717) is 12.1 Å². The first kappa shape index (κ1) is 15.0. The lowest BCUT2D eigenvalue weighted by Crippen LogP contribution is -2.09. The highest BCUT2D eigenvalue weighted by Gasteiger charge is 2.14. The zero-order valence-corrected chi connectivity index (χ0v) is 13.2. The maximum absolute atomic E-state index is 11.3. The minimum atomic E-state index is 0.380. The number of carbonyl (C=O) groups is 1. The first-order valence-corrected chi connectivity index (χ1v) is 7.40. The third-order valence-electron chi connectivity index (χ3n) is 3.73. The summed E-state index contributed by atoms with van der Waals surface area (Å²) in [5, 5.41) is 8.15. The second-order valence-corrected chi connectivity index (χ2v) is 5.52. The molecule has 1 aromatic heterocycles. The lowest BCUT2D eigenvalue weighted by Gasteiger charge is -2.13. The Bertz CT molecular complexity index is 792. The number of aromatic nitrogens is 3. The minimum absolute atomic E-state index is 0.380. The molecular formula is C18H18N4O. The van der Waals surface area contributed by atoms with Crippen molar-refractivity contribution >= 4 is 12.0 Å². The van der Waals surface area contributed by atoms with Crippen molar-refractivity contribution in [3.8, 4) is 5.69 Å². The van der Waals surface area contributed by atoms with Gasteiger partial charge in [0, 0.05) is 26.2 Å². The van der Waals surface area contributed by atoms with Crippen LogP contribution in [0, 0.1) is 0 Å². The zero-order chi connectivity index (χ0) is 16.2. The normalized spacial score (nSPS) is 10.5. The third-order valence-corrected chi connectivity index (χ3v) is 3.73. The van der Waals surface area contributed by atoms with Gasteiger partial charge in [-0.05, 0) is 29.8 Å². The summed E-state index contributed by atoms with van der Waals surface area (Å²) in [6.45, 7) is 0. The smallest absolute Gasteiger partial charge is 0.172 e. The molecule has 0 bridgehead atoms. The van der Waals surface area contributed by atoms with Gasteiger partial charge in [-0.25, -0.2) is 4.68 Å². The first-order valence-electron chi connectivity index (χ1n) is 7.40. The quantitative estimate of drug-likeness (QED) is 0.680. The fraction of sp³-hybridized carbons (Fsp3) is 0.167. The van der Waals surface area contributed by atoms with E-state index in [2.05, 4.69) is 10.3 Å². The van der Waals surface area contributed by atoms with Gasteiger partial charge in [0.25, 0.3) is 0 Å². The van der Waals surface area contributed by atoms with Crippen LogP contribution in [-0.4, -0.2) is 35.4 Å². The van der Waals surface area contributed by atoms with E-state index in [1.165, 1.54) is 0 Å². The molecule has 2 aromatic carbocycles. The van der Waals surface area contributed by atoms with Gasteiger partial charge >= 0.3 is 0 Å². The van der Waals surface area contributed by atoms with Gasteiger partial charge in [-0.15, -0.1) is 5.10 Å². The summed E-state index contributed by atoms with van der Waals surface area (Å²) in [5.74, 6) is 0. The lowest BCUT2D eigenvalue weighted by atomic mass is 10.1. The van der Waals surface area contributed by atoms with E-state index in [9.17, 15) is 4.79 Å². The Morgan fingerprint density at radius 1 is 1.04 bits per heavy atom. The molecular weight excluding hydrogens is 288 g/mol. The van der Waals surface area contributed by atoms with Gasteiger partial charge in [0.1, 0.15) is 5.69 Å². The Kier molecular flexibility index (Phi) is 4.19. The molecule has 5 nitrogen and oxygen atoms in total. The number of anilines is 1. The van der Waals surface area contributed by atoms with E-state index in [0.717, 1.165) is 28.9 Å². The van der Waals surface area contributed by atoms with Gasteiger partial charge in [-0.3, -0.25) is 4.79 Å². The van der Waals surface area contributed by atoms with Crippen LogP contribution in [0.5, 0.6) is 0 Å². The summed E-state index contributed by atoms with van der Waals surface area (Å²) < 4.78 is 1.73. The van der Waals surface area contributed by atoms with Crippen LogP contribution in [0.2, 0.25) is 0 Å². The summed E-state index contributed by atoms with van der Waals surface area (Å²) >= 11 is 0. The molecule has 3 rings (SSSR count). The van der Waals surface area contributed by atoms with E-state index in [4.69, 9.17) is 0 Å². The molecule has 0 radical (unpaired) electrons. The van der Waals surface area contributed by atoms with Crippen LogP contribution in [-0.2, 0) is 6.42 Å². The summed E-state index contributed by atoms with van der Waals surface area (Å²) in [5.41, 5.74) is 4.29. The lowest BCUT2D eigenvalue weighted by molar-refractivity contribution is 0.111. The molecule has 0 saturated heterocycles. The summed E-state index contributed by atoms with van der Waals surface area (Å²) in [7, 11) is 3.99. The molecule has 0 aliphatic heterocycles. The molecule has 0 aliphatic carbocycles. The summed E-state index contributed by atoms with van der Waals surface area (Å²) in [4.78, 5) is 13.3. The van der Waals surface area contributed by atoms with E-state index in [1.807, 2.05) is 73.6 Å². The molecule has 1 heterocycles. The van der Waals surface area contributed by atoms with Crippen molar-refractivity contribution in [3.63, 3.8) is 0 Å². The molecule has 0 saturated carbocycles. The molecule has 23 heavy (non-hydrogen) atoms. The second kappa shape index (κ2) is 6.44. The van der Waals surface area contributed by atoms with Gasteiger partial charge < -0.3 is 4.90 Å². The first-order chi connectivity index (χ1) is 11.2. The molecule has 0 unspecified atom stereocenters. The van der Waals surface area contributed by atoms with Crippen LogP contribution < -0.4 is 4.90 Å². The molecule has 3 aromatic rings. The van der Waals surface area contributed by atoms with Crippen molar-refractivity contribution in [3.05, 3.63) is 71.5 Å². The number of aldehydes is 1. The third kappa shape index (κ3) is 3.13. The van der Waals surface area contributed by atoms with Crippen LogP contribution in [0.4, 0.5) is 5.69 Å². The molecule has 0 N–H and O–H groups in total. The summed E-state index contributed by atoms with van der Waals surface area (Å²) in [6, 6.07) is 18.0. The molecule has 0 amide bonds. The topological polar surface area (TPSA) is 51.0 Å². The van der Waals surface area contributed by atoms with Gasteiger partial charge in [0.05, 0.1) is 11.4 Å². The van der Waals surface area contributed by atoms with Crippen molar-refractivity contribution in [2.75, 3.05) is 19.0 Å². The zero-order valence-electron chi connectivity index (χ0n) is 13.2. The van der Waals surface area contributed by atoms with Crippen LogP contribution in [0.1, 0.15) is 21.7 Å². The van der Waals surface area contributed by atoms with Crippen molar-refractivity contribution < 1.29 is 4.79 Å². The monoisotopic (exact) mass is 306 g/mol. The predicted molar refractivity (Wildman–Crippen MR) is 90.3 cm³/mol. The van der Waals surface area contributed by atoms with E-state index in [1.54, 1.807) is 4.68 Å². The predicted octanol–water partition coefficient (Wildman–Crippen LogP) is 2.74. The van der Waals surface area contributed by atoms with E-state index in [-0.39, 0.29) is 0 Å². The summed E-state index contributed by atoms with van der Waals surface area (Å²) in [6.07, 6.45) is 1.37. The Morgan fingerprint density at radius 3 is 2.35 bits per heavy atom. The van der Waals surface area contributed by atoms with Gasteiger partial charge in [-0.1, -0.05) is 35.5 Å². The highest BCUT2D eigenvalue weighted by Crippen LogP contribution is 2.19. The fourth-order valence-electron chi connectivity index (χ4n) is 2.46. The van der Waals surface area contributed by atoms with E-state index < -0.39 is 0 Å². The Morgan fingerprint density at radius 2 is 1.74 bits per heavy atom. The van der Waals surface area contributed by atoms with Gasteiger partial charge in [0.2, 0.25) is 0 Å². The molecule has 116 valence electrons. The molecule has 0 fully saturated rings. The van der Waals surface area contributed by atoms with Crippen molar-refractivity contribution in [2.45, 2.75) is 6.42 Å². The molecule has 0 atom stereocenters. The number of rotatable bonds is 5. The largest absolute Gasteiger partial charge is 0.378 e. The maximum atomic E-state index is 11.3. The Labute approximate surface area is 135 Å².